The summed E-state index contributed by atoms with van der Waals surface area (Å²) >= 11 is 0. The zero-order chi connectivity index (χ0) is 19.9. The molecule has 0 spiro atoms. The fourth-order valence-corrected chi connectivity index (χ4v) is 2.95. The Morgan fingerprint density at radius 2 is 1.75 bits per heavy atom. The van der Waals surface area contributed by atoms with Gasteiger partial charge in [-0.25, -0.2) is 5.48 Å². The van der Waals surface area contributed by atoms with E-state index in [4.69, 9.17) is 5.21 Å². The van der Waals surface area contributed by atoms with Crippen molar-refractivity contribution in [2.75, 3.05) is 11.9 Å². The molecule has 0 saturated heterocycles. The van der Waals surface area contributed by atoms with Gasteiger partial charge in [0.2, 0.25) is 11.8 Å². The van der Waals surface area contributed by atoms with E-state index < -0.39 is 5.91 Å². The number of amides is 3. The van der Waals surface area contributed by atoms with Crippen LogP contribution in [0.1, 0.15) is 28.8 Å². The van der Waals surface area contributed by atoms with Crippen molar-refractivity contribution in [1.82, 2.24) is 10.4 Å². The molecule has 0 aromatic heterocycles. The van der Waals surface area contributed by atoms with E-state index >= 15 is 0 Å². The van der Waals surface area contributed by atoms with Crippen LogP contribution < -0.4 is 10.8 Å². The van der Waals surface area contributed by atoms with Crippen molar-refractivity contribution in [3.8, 4) is 0 Å². The van der Waals surface area contributed by atoms with Crippen LogP contribution in [-0.4, -0.2) is 34.4 Å². The van der Waals surface area contributed by atoms with Gasteiger partial charge in [-0.2, -0.15) is 0 Å². The number of hydrogen-bond donors (Lipinski definition) is 3. The number of hydrogen-bond acceptors (Lipinski definition) is 4. The number of nitrogens with zero attached hydrogens (tertiary/aromatic N) is 1. The second-order valence-electron chi connectivity index (χ2n) is 6.47. The molecule has 0 bridgehead atoms. The van der Waals surface area contributed by atoms with Gasteiger partial charge in [0, 0.05) is 36.3 Å². The Balaban J connectivity index is 1.53. The van der Waals surface area contributed by atoms with E-state index in [9.17, 15) is 14.4 Å². The number of benzene rings is 2. The van der Waals surface area contributed by atoms with Crippen molar-refractivity contribution in [3.05, 3.63) is 77.4 Å². The van der Waals surface area contributed by atoms with Gasteiger partial charge < -0.3 is 10.2 Å². The minimum Gasteiger partial charge on any atom is -0.331 e. The predicted molar refractivity (Wildman–Crippen MR) is 104 cm³/mol. The molecule has 0 fully saturated rings. The molecule has 3 N–H and O–H groups in total. The molecule has 28 heavy (non-hydrogen) atoms. The van der Waals surface area contributed by atoms with E-state index in [1.807, 2.05) is 30.3 Å². The van der Waals surface area contributed by atoms with Crippen LogP contribution in [0, 0.1) is 0 Å². The largest absolute Gasteiger partial charge is 0.331 e. The number of hydroxylamine groups is 1. The third kappa shape index (κ3) is 4.83. The molecule has 1 heterocycles. The summed E-state index contributed by atoms with van der Waals surface area (Å²) in [6.07, 6.45) is 2.17. The van der Waals surface area contributed by atoms with E-state index in [0.717, 1.165) is 5.56 Å². The highest BCUT2D eigenvalue weighted by Gasteiger charge is 2.24. The van der Waals surface area contributed by atoms with Crippen LogP contribution in [0.4, 0.5) is 5.69 Å². The molecular formula is C21H21N3O4. The van der Waals surface area contributed by atoms with Crippen LogP contribution in [-0.2, 0) is 16.1 Å². The number of nitrogens with one attached hydrogen (secondary N) is 2. The van der Waals surface area contributed by atoms with Crippen LogP contribution in [0.2, 0.25) is 0 Å². The molecule has 7 nitrogen and oxygen atoms in total. The molecule has 0 aliphatic carbocycles. The van der Waals surface area contributed by atoms with Gasteiger partial charge in [-0.3, -0.25) is 19.6 Å². The number of carbonyl (C=O) groups excluding carboxylic acids is 3. The molecule has 3 rings (SSSR count). The van der Waals surface area contributed by atoms with Crippen molar-refractivity contribution < 1.29 is 19.6 Å². The Morgan fingerprint density at radius 1 is 1.04 bits per heavy atom. The molecule has 2 aromatic rings. The zero-order valence-electron chi connectivity index (χ0n) is 15.2. The molecule has 3 amide bonds. The van der Waals surface area contributed by atoms with Gasteiger partial charge in [0.15, 0.2) is 0 Å². The van der Waals surface area contributed by atoms with E-state index in [0.29, 0.717) is 36.3 Å². The second kappa shape index (κ2) is 8.96. The summed E-state index contributed by atoms with van der Waals surface area (Å²) in [5.41, 5.74) is 4.35. The lowest BCUT2D eigenvalue weighted by Crippen LogP contribution is -2.27. The Bertz CT molecular complexity index is 892. The van der Waals surface area contributed by atoms with Gasteiger partial charge >= 0.3 is 0 Å². The first kappa shape index (κ1) is 19.3. The maximum Gasteiger partial charge on any atom is 0.255 e. The molecule has 1 aliphatic rings. The van der Waals surface area contributed by atoms with Crippen LogP contribution >= 0.6 is 0 Å². The average molecular weight is 379 g/mol. The molecular weight excluding hydrogens is 358 g/mol. The first-order valence-electron chi connectivity index (χ1n) is 8.93. The minimum atomic E-state index is -0.514. The van der Waals surface area contributed by atoms with Gasteiger partial charge in [-0.15, -0.1) is 0 Å². The first-order chi connectivity index (χ1) is 13.6. The van der Waals surface area contributed by atoms with Crippen molar-refractivity contribution in [2.45, 2.75) is 19.4 Å². The van der Waals surface area contributed by atoms with Crippen LogP contribution in [0.15, 0.2) is 66.2 Å². The van der Waals surface area contributed by atoms with E-state index in [1.165, 1.54) is 0 Å². The van der Waals surface area contributed by atoms with Crippen molar-refractivity contribution in [3.63, 3.8) is 0 Å². The highest BCUT2D eigenvalue weighted by Crippen LogP contribution is 2.20. The summed E-state index contributed by atoms with van der Waals surface area (Å²) in [6.45, 7) is 0.930. The van der Waals surface area contributed by atoms with Crippen molar-refractivity contribution >= 4 is 23.4 Å². The van der Waals surface area contributed by atoms with Gasteiger partial charge in [0.05, 0.1) is 0 Å². The lowest BCUT2D eigenvalue weighted by molar-refractivity contribution is -0.129. The summed E-state index contributed by atoms with van der Waals surface area (Å²) in [7, 11) is 0. The fourth-order valence-electron chi connectivity index (χ4n) is 2.95. The number of rotatable bonds is 7. The maximum atomic E-state index is 12.4. The summed E-state index contributed by atoms with van der Waals surface area (Å²) in [5, 5.41) is 11.4. The van der Waals surface area contributed by atoms with Crippen LogP contribution in [0.5, 0.6) is 0 Å². The van der Waals surface area contributed by atoms with Gasteiger partial charge in [-0.05, 0) is 36.2 Å². The van der Waals surface area contributed by atoms with Gasteiger partial charge in [0.1, 0.15) is 0 Å². The molecule has 0 atom stereocenters. The van der Waals surface area contributed by atoms with Gasteiger partial charge in [0.25, 0.3) is 5.91 Å². The first-order valence-corrected chi connectivity index (χ1v) is 8.93. The van der Waals surface area contributed by atoms with Gasteiger partial charge in [-0.1, -0.05) is 36.4 Å². The zero-order valence-corrected chi connectivity index (χ0v) is 15.2. The summed E-state index contributed by atoms with van der Waals surface area (Å²) < 4.78 is 0. The number of carbonyl (C=O) groups is 3. The van der Waals surface area contributed by atoms with Crippen molar-refractivity contribution in [2.24, 2.45) is 0 Å². The topological polar surface area (TPSA) is 98.7 Å². The molecule has 2 aromatic carbocycles. The highest BCUT2D eigenvalue weighted by molar-refractivity contribution is 6.04. The Hall–Kier alpha value is -3.45. The Morgan fingerprint density at radius 3 is 2.43 bits per heavy atom. The fraction of sp³-hybridized carbons (Fsp3) is 0.190. The molecule has 144 valence electrons. The average Bonchev–Trinajstić information content (AvgIpc) is 3.07. The maximum absolute atomic E-state index is 12.4. The molecule has 0 saturated carbocycles. The summed E-state index contributed by atoms with van der Waals surface area (Å²) in [6, 6.07) is 16.3. The third-order valence-corrected chi connectivity index (χ3v) is 4.49. The summed E-state index contributed by atoms with van der Waals surface area (Å²) in [4.78, 5) is 37.3. The SMILES string of the molecule is O=C(CCC1=CCN(Cc2ccc(NC(=O)c3ccccc3)cc2)C1=O)NO. The quantitative estimate of drug-likeness (QED) is 0.508. The van der Waals surface area contributed by atoms with E-state index in [-0.39, 0.29) is 18.2 Å². The van der Waals surface area contributed by atoms with E-state index in [1.54, 1.807) is 40.7 Å². The Kier molecular flexibility index (Phi) is 6.18. The smallest absolute Gasteiger partial charge is 0.255 e. The lowest BCUT2D eigenvalue weighted by Gasteiger charge is -2.17. The third-order valence-electron chi connectivity index (χ3n) is 4.49. The Labute approximate surface area is 162 Å². The standard InChI is InChI=1S/C21H21N3O4/c25-19(23-28)11-8-17-12-13-24(21(17)27)14-15-6-9-18(10-7-15)22-20(26)16-4-2-1-3-5-16/h1-7,9-10,12,28H,8,11,13-14H2,(H,22,26)(H,23,25). The van der Waals surface area contributed by atoms with Crippen molar-refractivity contribution in [1.29, 1.82) is 0 Å². The molecule has 0 unspecified atom stereocenters. The second-order valence-corrected chi connectivity index (χ2v) is 6.47. The van der Waals surface area contributed by atoms with Crippen LogP contribution in [0.3, 0.4) is 0 Å². The monoisotopic (exact) mass is 379 g/mol. The lowest BCUT2D eigenvalue weighted by atomic mass is 10.1. The summed E-state index contributed by atoms with van der Waals surface area (Å²) in [5.74, 6) is -0.795. The van der Waals surface area contributed by atoms with E-state index in [2.05, 4.69) is 5.32 Å². The minimum absolute atomic E-state index is 0.0672. The predicted octanol–water partition coefficient (Wildman–Crippen LogP) is 2.49. The number of anilines is 1. The molecule has 7 heteroatoms. The molecule has 1 aliphatic heterocycles. The highest BCUT2D eigenvalue weighted by atomic mass is 16.5. The van der Waals surface area contributed by atoms with Crippen LogP contribution in [0.25, 0.3) is 0 Å². The normalized spacial score (nSPS) is 13.2. The molecule has 0 radical (unpaired) electrons.